The second-order valence-electron chi connectivity index (χ2n) is 5.01. The van der Waals surface area contributed by atoms with Gasteiger partial charge in [-0.1, -0.05) is 6.07 Å². The second-order valence-corrected chi connectivity index (χ2v) is 5.01. The predicted octanol–water partition coefficient (Wildman–Crippen LogP) is 2.19. The lowest BCUT2D eigenvalue weighted by Gasteiger charge is -2.44. The van der Waals surface area contributed by atoms with E-state index in [0.29, 0.717) is 0 Å². The molecule has 2 rings (SSSR count). The quantitative estimate of drug-likeness (QED) is 0.737. The molecule has 3 heteroatoms. The van der Waals surface area contributed by atoms with Gasteiger partial charge in [0, 0.05) is 17.9 Å². The normalized spacial score (nSPS) is 19.8. The van der Waals surface area contributed by atoms with Gasteiger partial charge in [-0.2, -0.15) is 0 Å². The fourth-order valence-electron chi connectivity index (χ4n) is 2.24. The standard InChI is InChI=1S/C13H20N2O/c1-10-11(14)5-4-6-12(10)15-7-8-16-9-13(15,2)3/h4-6H,7-9,14H2,1-3H3. The van der Waals surface area contributed by atoms with Gasteiger partial charge in [0.15, 0.2) is 0 Å². The van der Waals surface area contributed by atoms with Crippen molar-refractivity contribution in [1.82, 2.24) is 0 Å². The maximum Gasteiger partial charge on any atom is 0.0694 e. The lowest BCUT2D eigenvalue weighted by molar-refractivity contribution is 0.0643. The molecule has 1 fully saturated rings. The van der Waals surface area contributed by atoms with Gasteiger partial charge in [-0.05, 0) is 38.5 Å². The zero-order valence-corrected chi connectivity index (χ0v) is 10.3. The molecule has 1 aromatic rings. The van der Waals surface area contributed by atoms with Crippen LogP contribution in [-0.2, 0) is 4.74 Å². The largest absolute Gasteiger partial charge is 0.398 e. The van der Waals surface area contributed by atoms with Crippen LogP contribution < -0.4 is 10.6 Å². The van der Waals surface area contributed by atoms with Crippen LogP contribution in [0.4, 0.5) is 11.4 Å². The Kier molecular flexibility index (Phi) is 2.80. The average Bonchev–Trinajstić information content (AvgIpc) is 2.22. The highest BCUT2D eigenvalue weighted by Gasteiger charge is 2.31. The molecule has 88 valence electrons. The van der Waals surface area contributed by atoms with Crippen LogP contribution in [0.25, 0.3) is 0 Å². The number of rotatable bonds is 1. The van der Waals surface area contributed by atoms with Crippen molar-refractivity contribution >= 4 is 11.4 Å². The zero-order chi connectivity index (χ0) is 11.8. The van der Waals surface area contributed by atoms with Gasteiger partial charge in [-0.3, -0.25) is 0 Å². The van der Waals surface area contributed by atoms with Gasteiger partial charge >= 0.3 is 0 Å². The van der Waals surface area contributed by atoms with Crippen molar-refractivity contribution in [3.8, 4) is 0 Å². The Bertz CT molecular complexity index is 388. The van der Waals surface area contributed by atoms with Crippen LogP contribution in [0, 0.1) is 6.92 Å². The van der Waals surface area contributed by atoms with Crippen LogP contribution in [0.5, 0.6) is 0 Å². The molecule has 0 spiro atoms. The molecule has 1 aliphatic rings. The predicted molar refractivity (Wildman–Crippen MR) is 67.8 cm³/mol. The van der Waals surface area contributed by atoms with E-state index in [0.717, 1.165) is 31.0 Å². The van der Waals surface area contributed by atoms with Gasteiger partial charge in [-0.15, -0.1) is 0 Å². The molecule has 1 saturated heterocycles. The highest BCUT2D eigenvalue weighted by Crippen LogP contribution is 2.31. The monoisotopic (exact) mass is 220 g/mol. The van der Waals surface area contributed by atoms with E-state index in [9.17, 15) is 0 Å². The number of nitrogen functional groups attached to an aromatic ring is 1. The number of hydrogen-bond acceptors (Lipinski definition) is 3. The Balaban J connectivity index is 2.39. The summed E-state index contributed by atoms with van der Waals surface area (Å²) in [5, 5.41) is 0. The molecule has 0 saturated carbocycles. The molecule has 0 aliphatic carbocycles. The van der Waals surface area contributed by atoms with Crippen molar-refractivity contribution in [3.63, 3.8) is 0 Å². The van der Waals surface area contributed by atoms with Gasteiger partial charge < -0.3 is 15.4 Å². The molecule has 1 heterocycles. The summed E-state index contributed by atoms with van der Waals surface area (Å²) in [6.45, 7) is 8.97. The Morgan fingerprint density at radius 2 is 2.12 bits per heavy atom. The molecule has 0 amide bonds. The minimum Gasteiger partial charge on any atom is -0.398 e. The average molecular weight is 220 g/mol. The summed E-state index contributed by atoms with van der Waals surface area (Å²) in [6, 6.07) is 6.11. The molecule has 3 nitrogen and oxygen atoms in total. The van der Waals surface area contributed by atoms with E-state index in [1.165, 1.54) is 5.69 Å². The summed E-state index contributed by atoms with van der Waals surface area (Å²) in [6.07, 6.45) is 0. The van der Waals surface area contributed by atoms with E-state index < -0.39 is 0 Å². The molecular formula is C13H20N2O. The van der Waals surface area contributed by atoms with Crippen molar-refractivity contribution in [2.75, 3.05) is 30.4 Å². The summed E-state index contributed by atoms with van der Waals surface area (Å²) >= 11 is 0. The van der Waals surface area contributed by atoms with Crippen LogP contribution in [0.1, 0.15) is 19.4 Å². The molecule has 0 radical (unpaired) electrons. The summed E-state index contributed by atoms with van der Waals surface area (Å²) in [7, 11) is 0. The Morgan fingerprint density at radius 3 is 2.81 bits per heavy atom. The highest BCUT2D eigenvalue weighted by molar-refractivity contribution is 5.65. The third-order valence-corrected chi connectivity index (χ3v) is 3.28. The third kappa shape index (κ3) is 1.87. The molecule has 0 bridgehead atoms. The Labute approximate surface area is 97.2 Å². The molecule has 0 atom stereocenters. The van der Waals surface area contributed by atoms with E-state index in [4.69, 9.17) is 10.5 Å². The van der Waals surface area contributed by atoms with E-state index in [-0.39, 0.29) is 5.54 Å². The molecule has 16 heavy (non-hydrogen) atoms. The lowest BCUT2D eigenvalue weighted by atomic mass is 9.99. The van der Waals surface area contributed by atoms with Gasteiger partial charge in [0.2, 0.25) is 0 Å². The number of anilines is 2. The SMILES string of the molecule is Cc1c(N)cccc1N1CCOCC1(C)C. The van der Waals surface area contributed by atoms with E-state index in [1.807, 2.05) is 12.1 Å². The number of hydrogen-bond donors (Lipinski definition) is 1. The second kappa shape index (κ2) is 3.98. The first-order valence-electron chi connectivity index (χ1n) is 5.73. The van der Waals surface area contributed by atoms with Crippen molar-refractivity contribution in [1.29, 1.82) is 0 Å². The van der Waals surface area contributed by atoms with Crippen LogP contribution >= 0.6 is 0 Å². The first kappa shape index (κ1) is 11.3. The topological polar surface area (TPSA) is 38.5 Å². The number of nitrogens with zero attached hydrogens (tertiary/aromatic N) is 1. The fraction of sp³-hybridized carbons (Fsp3) is 0.538. The molecule has 1 aromatic carbocycles. The minimum absolute atomic E-state index is 0.0385. The first-order valence-corrected chi connectivity index (χ1v) is 5.73. The summed E-state index contributed by atoms with van der Waals surface area (Å²) in [4.78, 5) is 2.39. The minimum atomic E-state index is 0.0385. The van der Waals surface area contributed by atoms with Crippen LogP contribution in [0.3, 0.4) is 0 Å². The molecule has 0 unspecified atom stereocenters. The smallest absolute Gasteiger partial charge is 0.0694 e. The molecule has 1 aliphatic heterocycles. The number of nitrogens with two attached hydrogens (primary N) is 1. The molecular weight excluding hydrogens is 200 g/mol. The van der Waals surface area contributed by atoms with Gasteiger partial charge in [0.25, 0.3) is 0 Å². The van der Waals surface area contributed by atoms with Gasteiger partial charge in [0.1, 0.15) is 0 Å². The Hall–Kier alpha value is -1.22. The molecule has 2 N–H and O–H groups in total. The van der Waals surface area contributed by atoms with Crippen LogP contribution in [0.15, 0.2) is 18.2 Å². The van der Waals surface area contributed by atoms with E-state index >= 15 is 0 Å². The fourth-order valence-corrected chi connectivity index (χ4v) is 2.24. The number of benzene rings is 1. The van der Waals surface area contributed by atoms with E-state index in [1.54, 1.807) is 0 Å². The van der Waals surface area contributed by atoms with Crippen molar-refractivity contribution < 1.29 is 4.74 Å². The van der Waals surface area contributed by atoms with Crippen molar-refractivity contribution in [2.45, 2.75) is 26.3 Å². The maximum atomic E-state index is 5.96. The van der Waals surface area contributed by atoms with E-state index in [2.05, 4.69) is 31.7 Å². The molecule has 0 aromatic heterocycles. The maximum absolute atomic E-state index is 5.96. The summed E-state index contributed by atoms with van der Waals surface area (Å²) < 4.78 is 5.53. The van der Waals surface area contributed by atoms with Crippen LogP contribution in [0.2, 0.25) is 0 Å². The lowest BCUT2D eigenvalue weighted by Crippen LogP contribution is -2.53. The van der Waals surface area contributed by atoms with Gasteiger partial charge in [-0.25, -0.2) is 0 Å². The van der Waals surface area contributed by atoms with Crippen LogP contribution in [-0.4, -0.2) is 25.3 Å². The Morgan fingerprint density at radius 1 is 1.38 bits per heavy atom. The summed E-state index contributed by atoms with van der Waals surface area (Å²) in [5.74, 6) is 0. The number of morpholine rings is 1. The first-order chi connectivity index (χ1) is 7.52. The van der Waals surface area contributed by atoms with Crippen molar-refractivity contribution in [2.24, 2.45) is 0 Å². The van der Waals surface area contributed by atoms with Crippen molar-refractivity contribution in [3.05, 3.63) is 23.8 Å². The highest BCUT2D eigenvalue weighted by atomic mass is 16.5. The zero-order valence-electron chi connectivity index (χ0n) is 10.3. The van der Waals surface area contributed by atoms with Gasteiger partial charge in [0.05, 0.1) is 18.8 Å². The number of ether oxygens (including phenoxy) is 1. The summed E-state index contributed by atoms with van der Waals surface area (Å²) in [5.41, 5.74) is 9.25. The third-order valence-electron chi connectivity index (χ3n) is 3.28.